The predicted molar refractivity (Wildman–Crippen MR) is 132 cm³/mol. The first-order valence-electron chi connectivity index (χ1n) is 11.3. The molecule has 0 spiro atoms. The Balaban J connectivity index is 1.23. The van der Waals surface area contributed by atoms with E-state index in [1.54, 1.807) is 29.0 Å². The zero-order valence-electron chi connectivity index (χ0n) is 19.3. The molecule has 9 nitrogen and oxygen atoms in total. The van der Waals surface area contributed by atoms with E-state index in [4.69, 9.17) is 5.73 Å². The highest BCUT2D eigenvalue weighted by Crippen LogP contribution is 2.22. The fourth-order valence-corrected chi connectivity index (χ4v) is 4.19. The highest BCUT2D eigenvalue weighted by Gasteiger charge is 2.29. The Bertz CT molecular complexity index is 1370. The van der Waals surface area contributed by atoms with Gasteiger partial charge in [0.15, 0.2) is 11.5 Å². The van der Waals surface area contributed by atoms with Gasteiger partial charge in [0.25, 0.3) is 11.8 Å². The summed E-state index contributed by atoms with van der Waals surface area (Å²) in [6, 6.07) is 17.4. The van der Waals surface area contributed by atoms with Gasteiger partial charge in [-0.25, -0.2) is 9.97 Å². The predicted octanol–water partition coefficient (Wildman–Crippen LogP) is 2.77. The van der Waals surface area contributed by atoms with Crippen molar-refractivity contribution in [2.24, 2.45) is 7.05 Å². The molecule has 0 radical (unpaired) electrons. The number of amides is 2. The van der Waals surface area contributed by atoms with Gasteiger partial charge >= 0.3 is 0 Å². The Kier molecular flexibility index (Phi) is 5.97. The van der Waals surface area contributed by atoms with Gasteiger partial charge in [-0.3, -0.25) is 14.3 Å². The molecular weight excluding hydrogens is 442 g/mol. The average Bonchev–Trinajstić information content (AvgIpc) is 3.53. The van der Waals surface area contributed by atoms with E-state index < -0.39 is 5.91 Å². The monoisotopic (exact) mass is 467 g/mol. The van der Waals surface area contributed by atoms with E-state index in [0.717, 1.165) is 16.7 Å². The lowest BCUT2D eigenvalue weighted by atomic mass is 10.0. The molecule has 0 saturated carbocycles. The molecule has 4 aromatic rings. The average molecular weight is 468 g/mol. The summed E-state index contributed by atoms with van der Waals surface area (Å²) in [6.45, 7) is 0.974. The highest BCUT2D eigenvalue weighted by molar-refractivity contribution is 5.97. The Morgan fingerprint density at radius 3 is 2.46 bits per heavy atom. The summed E-state index contributed by atoms with van der Waals surface area (Å²) in [5.41, 5.74) is 10.0. The fraction of sp³-hybridized carbons (Fsp3) is 0.192. The topological polar surface area (TPSA) is 119 Å². The number of aryl methyl sites for hydroxylation is 1. The summed E-state index contributed by atoms with van der Waals surface area (Å²) in [7, 11) is 1.80. The third-order valence-electron chi connectivity index (χ3n) is 6.07. The van der Waals surface area contributed by atoms with Crippen LogP contribution in [0.15, 0.2) is 73.2 Å². The van der Waals surface area contributed by atoms with Crippen molar-refractivity contribution < 1.29 is 9.59 Å². The second-order valence-electron chi connectivity index (χ2n) is 8.55. The first kappa shape index (κ1) is 22.3. The van der Waals surface area contributed by atoms with Crippen LogP contribution in [0.2, 0.25) is 0 Å². The molecule has 3 heterocycles. The number of carbonyl (C=O) groups excluding carboxylic acids is 2. The first-order chi connectivity index (χ1) is 17.0. The molecule has 0 aliphatic carbocycles. The Labute approximate surface area is 202 Å². The van der Waals surface area contributed by atoms with Crippen molar-refractivity contribution in [1.29, 1.82) is 0 Å². The lowest BCUT2D eigenvalue weighted by Gasteiger charge is -2.17. The van der Waals surface area contributed by atoms with Crippen LogP contribution in [0.4, 0.5) is 5.82 Å². The minimum absolute atomic E-state index is 0.0552. The Morgan fingerprint density at radius 2 is 1.74 bits per heavy atom. The van der Waals surface area contributed by atoms with Gasteiger partial charge in [0.2, 0.25) is 0 Å². The van der Waals surface area contributed by atoms with Crippen molar-refractivity contribution in [3.05, 3.63) is 84.4 Å². The van der Waals surface area contributed by atoms with Crippen LogP contribution in [0.3, 0.4) is 0 Å². The van der Waals surface area contributed by atoms with E-state index in [2.05, 4.69) is 20.4 Å². The van der Waals surface area contributed by atoms with Gasteiger partial charge in [-0.15, -0.1) is 0 Å². The normalized spacial score (nSPS) is 15.2. The van der Waals surface area contributed by atoms with Crippen LogP contribution in [0.5, 0.6) is 0 Å². The van der Waals surface area contributed by atoms with Gasteiger partial charge in [0.1, 0.15) is 0 Å². The second-order valence-corrected chi connectivity index (χ2v) is 8.55. The van der Waals surface area contributed by atoms with Crippen LogP contribution < -0.4 is 11.1 Å². The number of anilines is 1. The van der Waals surface area contributed by atoms with E-state index >= 15 is 0 Å². The maximum Gasteiger partial charge on any atom is 0.274 e. The number of benzene rings is 2. The molecule has 5 rings (SSSR count). The molecule has 2 aromatic heterocycles. The number of nitrogens with two attached hydrogens (primary N) is 1. The number of hydrogen-bond donors (Lipinski definition) is 2. The molecule has 2 amide bonds. The molecule has 176 valence electrons. The van der Waals surface area contributed by atoms with E-state index in [1.807, 2.05) is 54.6 Å². The van der Waals surface area contributed by atoms with Crippen molar-refractivity contribution >= 4 is 17.6 Å². The van der Waals surface area contributed by atoms with Crippen LogP contribution in [-0.4, -0.2) is 55.6 Å². The molecular formula is C26H25N7O2. The Morgan fingerprint density at radius 1 is 1.00 bits per heavy atom. The summed E-state index contributed by atoms with van der Waals surface area (Å²) >= 11 is 0. The van der Waals surface area contributed by atoms with Crippen molar-refractivity contribution in [1.82, 2.24) is 30.0 Å². The molecule has 2 aromatic carbocycles. The van der Waals surface area contributed by atoms with Gasteiger partial charge in [0.05, 0.1) is 18.1 Å². The minimum Gasteiger partial charge on any atom is -0.382 e. The largest absolute Gasteiger partial charge is 0.382 e. The third-order valence-corrected chi connectivity index (χ3v) is 6.07. The number of nitrogens with one attached hydrogen (secondary N) is 1. The number of carbonyl (C=O) groups is 2. The number of hydrogen-bond acceptors (Lipinski definition) is 6. The molecule has 3 N–H and O–H groups in total. The number of rotatable bonds is 5. The summed E-state index contributed by atoms with van der Waals surface area (Å²) < 4.78 is 1.65. The number of nitrogens with zero attached hydrogens (tertiary/aromatic N) is 5. The van der Waals surface area contributed by atoms with Crippen molar-refractivity contribution in [2.45, 2.75) is 12.5 Å². The van der Waals surface area contributed by atoms with Crippen LogP contribution in [-0.2, 0) is 7.05 Å². The summed E-state index contributed by atoms with van der Waals surface area (Å²) in [5.74, 6) is -0.411. The zero-order chi connectivity index (χ0) is 24.4. The molecule has 9 heteroatoms. The molecule has 1 aliphatic rings. The van der Waals surface area contributed by atoms with Crippen LogP contribution in [0, 0.1) is 0 Å². The van der Waals surface area contributed by atoms with Gasteiger partial charge < -0.3 is 16.0 Å². The fourth-order valence-electron chi connectivity index (χ4n) is 4.19. The van der Waals surface area contributed by atoms with Crippen molar-refractivity contribution in [2.75, 3.05) is 18.8 Å². The molecule has 0 bridgehead atoms. The molecule has 1 unspecified atom stereocenters. The van der Waals surface area contributed by atoms with E-state index in [1.165, 1.54) is 6.20 Å². The van der Waals surface area contributed by atoms with E-state index in [-0.39, 0.29) is 23.5 Å². The van der Waals surface area contributed by atoms with Crippen LogP contribution in [0.25, 0.3) is 22.4 Å². The molecule has 1 aliphatic heterocycles. The summed E-state index contributed by atoms with van der Waals surface area (Å²) in [6.07, 6.45) is 5.60. The molecule has 1 fully saturated rings. The maximum absolute atomic E-state index is 13.0. The van der Waals surface area contributed by atoms with Gasteiger partial charge in [-0.05, 0) is 29.7 Å². The van der Waals surface area contributed by atoms with E-state index in [9.17, 15) is 9.59 Å². The molecule has 35 heavy (non-hydrogen) atoms. The highest BCUT2D eigenvalue weighted by atomic mass is 16.2. The quantitative estimate of drug-likeness (QED) is 0.466. The summed E-state index contributed by atoms with van der Waals surface area (Å²) in [5, 5.41) is 7.07. The Hall–Kier alpha value is -4.53. The standard InChI is InChI=1S/C26H25N7O2/c1-32-15-20(13-29-32)22-14-28-24(27)23(31-22)25(34)30-21-11-12-33(16-21)26(35)19-9-7-18(8-10-19)17-5-3-2-4-6-17/h2-10,13-15,21H,11-12,16H2,1H3,(H2,27,28)(H,30,34). The second kappa shape index (κ2) is 9.38. The number of aromatic nitrogens is 4. The maximum atomic E-state index is 13.0. The van der Waals surface area contributed by atoms with Gasteiger partial charge in [-0.1, -0.05) is 42.5 Å². The SMILES string of the molecule is Cn1cc(-c2cnc(N)c(C(=O)NC3CCN(C(=O)c4ccc(-c5ccccc5)cc4)C3)n2)cn1. The lowest BCUT2D eigenvalue weighted by molar-refractivity contribution is 0.0783. The first-order valence-corrected chi connectivity index (χ1v) is 11.3. The smallest absolute Gasteiger partial charge is 0.274 e. The van der Waals surface area contributed by atoms with Gasteiger partial charge in [-0.2, -0.15) is 5.10 Å². The van der Waals surface area contributed by atoms with Crippen LogP contribution in [0.1, 0.15) is 27.3 Å². The molecule has 1 saturated heterocycles. The lowest BCUT2D eigenvalue weighted by Crippen LogP contribution is -2.39. The zero-order valence-corrected chi connectivity index (χ0v) is 19.3. The molecule has 1 atom stereocenters. The van der Waals surface area contributed by atoms with Crippen molar-refractivity contribution in [3.63, 3.8) is 0 Å². The number of nitrogen functional groups attached to an aromatic ring is 1. The van der Waals surface area contributed by atoms with Gasteiger partial charge in [0, 0.05) is 43.5 Å². The van der Waals surface area contributed by atoms with Crippen molar-refractivity contribution in [3.8, 4) is 22.4 Å². The van der Waals surface area contributed by atoms with Crippen LogP contribution >= 0.6 is 0 Å². The third kappa shape index (κ3) is 4.74. The number of likely N-dealkylation sites (tertiary alicyclic amines) is 1. The minimum atomic E-state index is -0.410. The summed E-state index contributed by atoms with van der Waals surface area (Å²) in [4.78, 5) is 36.2. The van der Waals surface area contributed by atoms with E-state index in [0.29, 0.717) is 30.8 Å².